The second kappa shape index (κ2) is 6.05. The maximum atomic E-state index is 4.53. The zero-order chi connectivity index (χ0) is 13.0. The van der Waals surface area contributed by atoms with Gasteiger partial charge in [-0.1, -0.05) is 13.8 Å². The smallest absolute Gasteiger partial charge is 0.203 e. The lowest BCUT2D eigenvalue weighted by Crippen LogP contribution is -2.29. The number of nitrogens with one attached hydrogen (secondary N) is 1. The van der Waals surface area contributed by atoms with Gasteiger partial charge in [-0.25, -0.2) is 4.98 Å². The molecule has 1 unspecified atom stereocenters. The van der Waals surface area contributed by atoms with Gasteiger partial charge in [0.2, 0.25) is 5.95 Å². The molecule has 0 bridgehead atoms. The van der Waals surface area contributed by atoms with Gasteiger partial charge < -0.3 is 14.8 Å². The Morgan fingerprint density at radius 3 is 2.53 bits per heavy atom. The molecule has 1 aromatic heterocycles. The summed E-state index contributed by atoms with van der Waals surface area (Å²) in [5, 5.41) is 3.41. The van der Waals surface area contributed by atoms with Crippen molar-refractivity contribution < 1.29 is 0 Å². The van der Waals surface area contributed by atoms with Gasteiger partial charge in [0.25, 0.3) is 0 Å². The Bertz CT molecular complexity index is 341. The molecule has 4 nitrogen and oxygen atoms in total. The van der Waals surface area contributed by atoms with E-state index in [4.69, 9.17) is 0 Å². The van der Waals surface area contributed by atoms with Crippen LogP contribution in [-0.2, 0) is 6.54 Å². The Morgan fingerprint density at radius 2 is 2.00 bits per heavy atom. The monoisotopic (exact) mass is 238 g/mol. The third-order valence-corrected chi connectivity index (χ3v) is 2.91. The minimum absolute atomic E-state index is 0.503. The van der Waals surface area contributed by atoms with Crippen LogP contribution >= 0.6 is 0 Å². The van der Waals surface area contributed by atoms with E-state index in [9.17, 15) is 0 Å². The predicted octanol–water partition coefficient (Wildman–Crippen LogP) is 2.21. The molecule has 1 N–H and O–H groups in total. The number of aryl methyl sites for hydroxylation is 1. The summed E-state index contributed by atoms with van der Waals surface area (Å²) in [5.41, 5.74) is 1.07. The van der Waals surface area contributed by atoms with Crippen LogP contribution < -0.4 is 5.32 Å². The fourth-order valence-corrected chi connectivity index (χ4v) is 1.57. The SMILES string of the molecule is Cc1cn(CC(C)N(C)C)c(NCC(C)C)n1. The molecule has 0 saturated heterocycles. The number of hydrogen-bond acceptors (Lipinski definition) is 3. The van der Waals surface area contributed by atoms with E-state index in [1.54, 1.807) is 0 Å². The molecular formula is C13H26N4. The first-order valence-corrected chi connectivity index (χ1v) is 6.34. The second-order valence-corrected chi connectivity index (χ2v) is 5.45. The Labute approximate surface area is 105 Å². The average molecular weight is 238 g/mol. The Balaban J connectivity index is 2.70. The highest BCUT2D eigenvalue weighted by molar-refractivity contribution is 5.28. The van der Waals surface area contributed by atoms with Crippen molar-refractivity contribution in [1.82, 2.24) is 14.5 Å². The first kappa shape index (κ1) is 14.0. The zero-order valence-corrected chi connectivity index (χ0v) is 12.0. The molecule has 0 aromatic carbocycles. The lowest BCUT2D eigenvalue weighted by Gasteiger charge is -2.21. The van der Waals surface area contributed by atoms with E-state index in [1.807, 2.05) is 6.92 Å². The summed E-state index contributed by atoms with van der Waals surface area (Å²) in [6.07, 6.45) is 2.11. The molecule has 98 valence electrons. The summed E-state index contributed by atoms with van der Waals surface area (Å²) in [4.78, 5) is 6.75. The van der Waals surface area contributed by atoms with Crippen LogP contribution in [-0.4, -0.2) is 41.1 Å². The highest BCUT2D eigenvalue weighted by Crippen LogP contribution is 2.11. The Morgan fingerprint density at radius 1 is 1.35 bits per heavy atom. The van der Waals surface area contributed by atoms with Crippen molar-refractivity contribution in [2.45, 2.75) is 40.3 Å². The summed E-state index contributed by atoms with van der Waals surface area (Å²) < 4.78 is 2.21. The minimum Gasteiger partial charge on any atom is -0.355 e. The number of rotatable bonds is 6. The topological polar surface area (TPSA) is 33.1 Å². The normalized spacial score (nSPS) is 13.4. The summed E-state index contributed by atoms with van der Waals surface area (Å²) >= 11 is 0. The van der Waals surface area contributed by atoms with E-state index in [0.29, 0.717) is 12.0 Å². The molecule has 0 fully saturated rings. The quantitative estimate of drug-likeness (QED) is 0.825. The molecule has 1 rings (SSSR count). The summed E-state index contributed by atoms with van der Waals surface area (Å²) in [5.74, 6) is 1.62. The van der Waals surface area contributed by atoms with Gasteiger partial charge in [-0.3, -0.25) is 0 Å². The maximum absolute atomic E-state index is 4.53. The predicted molar refractivity (Wildman–Crippen MR) is 73.4 cm³/mol. The average Bonchev–Trinajstić information content (AvgIpc) is 2.55. The van der Waals surface area contributed by atoms with Crippen LogP contribution in [0.5, 0.6) is 0 Å². The Kier molecular flexibility index (Phi) is 5.00. The largest absolute Gasteiger partial charge is 0.355 e. The van der Waals surface area contributed by atoms with Crippen LogP contribution in [0.4, 0.5) is 5.95 Å². The summed E-state index contributed by atoms with van der Waals surface area (Å²) in [7, 11) is 4.21. The van der Waals surface area contributed by atoms with Crippen LogP contribution in [0.25, 0.3) is 0 Å². The van der Waals surface area contributed by atoms with Gasteiger partial charge >= 0.3 is 0 Å². The summed E-state index contributed by atoms with van der Waals surface area (Å²) in [6.45, 7) is 10.6. The molecule has 0 aliphatic carbocycles. The lowest BCUT2D eigenvalue weighted by atomic mass is 10.2. The molecule has 1 atom stereocenters. The van der Waals surface area contributed by atoms with Gasteiger partial charge in [-0.05, 0) is 33.9 Å². The van der Waals surface area contributed by atoms with Crippen molar-refractivity contribution >= 4 is 5.95 Å². The van der Waals surface area contributed by atoms with Crippen LogP contribution in [0.1, 0.15) is 26.5 Å². The van der Waals surface area contributed by atoms with Crippen LogP contribution in [0, 0.1) is 12.8 Å². The van der Waals surface area contributed by atoms with E-state index >= 15 is 0 Å². The molecule has 0 aliphatic heterocycles. The molecule has 0 amide bonds. The van der Waals surface area contributed by atoms with Crippen LogP contribution in [0.2, 0.25) is 0 Å². The van der Waals surface area contributed by atoms with Crippen molar-refractivity contribution in [3.63, 3.8) is 0 Å². The zero-order valence-electron chi connectivity index (χ0n) is 12.0. The standard InChI is InChI=1S/C13H26N4/c1-10(2)7-14-13-15-11(3)8-17(13)9-12(4)16(5)6/h8,10,12H,7,9H2,1-6H3,(H,14,15). The molecule has 0 aliphatic rings. The number of imidazole rings is 1. The molecule has 0 saturated carbocycles. The van der Waals surface area contributed by atoms with E-state index in [1.165, 1.54) is 0 Å². The van der Waals surface area contributed by atoms with Gasteiger partial charge in [0, 0.05) is 25.3 Å². The number of nitrogens with zero attached hydrogens (tertiary/aromatic N) is 3. The molecule has 0 spiro atoms. The number of likely N-dealkylation sites (N-methyl/N-ethyl adjacent to an activating group) is 1. The molecule has 1 aromatic rings. The molecule has 17 heavy (non-hydrogen) atoms. The van der Waals surface area contributed by atoms with Crippen molar-refractivity contribution in [2.75, 3.05) is 26.0 Å². The minimum atomic E-state index is 0.503. The lowest BCUT2D eigenvalue weighted by molar-refractivity contribution is 0.284. The van der Waals surface area contributed by atoms with E-state index in [0.717, 1.165) is 24.7 Å². The van der Waals surface area contributed by atoms with Crippen LogP contribution in [0.15, 0.2) is 6.20 Å². The first-order chi connectivity index (χ1) is 7.90. The van der Waals surface area contributed by atoms with Crippen molar-refractivity contribution in [1.29, 1.82) is 0 Å². The molecular weight excluding hydrogens is 212 g/mol. The summed E-state index contributed by atoms with van der Waals surface area (Å²) in [6, 6.07) is 0.503. The van der Waals surface area contributed by atoms with E-state index < -0.39 is 0 Å². The highest BCUT2D eigenvalue weighted by atomic mass is 15.2. The second-order valence-electron chi connectivity index (χ2n) is 5.45. The van der Waals surface area contributed by atoms with Gasteiger partial charge in [0.1, 0.15) is 0 Å². The van der Waals surface area contributed by atoms with Crippen molar-refractivity contribution in [3.05, 3.63) is 11.9 Å². The van der Waals surface area contributed by atoms with Gasteiger partial charge in [-0.15, -0.1) is 0 Å². The Hall–Kier alpha value is -1.03. The molecule has 4 heteroatoms. The molecule has 0 radical (unpaired) electrons. The number of anilines is 1. The van der Waals surface area contributed by atoms with Crippen molar-refractivity contribution in [2.24, 2.45) is 5.92 Å². The number of hydrogen-bond donors (Lipinski definition) is 1. The van der Waals surface area contributed by atoms with Crippen molar-refractivity contribution in [3.8, 4) is 0 Å². The number of aromatic nitrogens is 2. The van der Waals surface area contributed by atoms with Gasteiger partial charge in [0.05, 0.1) is 5.69 Å². The van der Waals surface area contributed by atoms with Crippen LogP contribution in [0.3, 0.4) is 0 Å². The van der Waals surface area contributed by atoms with E-state index in [2.05, 4.69) is 60.8 Å². The fraction of sp³-hybridized carbons (Fsp3) is 0.769. The highest BCUT2D eigenvalue weighted by Gasteiger charge is 2.10. The fourth-order valence-electron chi connectivity index (χ4n) is 1.57. The third kappa shape index (κ3) is 4.38. The maximum Gasteiger partial charge on any atom is 0.203 e. The molecule has 1 heterocycles. The van der Waals surface area contributed by atoms with E-state index in [-0.39, 0.29) is 0 Å². The first-order valence-electron chi connectivity index (χ1n) is 6.34. The third-order valence-electron chi connectivity index (χ3n) is 2.91. The van der Waals surface area contributed by atoms with Gasteiger partial charge in [0.15, 0.2) is 0 Å². The van der Waals surface area contributed by atoms with Gasteiger partial charge in [-0.2, -0.15) is 0 Å².